The molecular weight excluding hydrogens is 270 g/mol. The molecule has 1 aromatic rings. The van der Waals surface area contributed by atoms with Gasteiger partial charge in [-0.05, 0) is 38.1 Å². The maximum Gasteiger partial charge on any atom is 0.258 e. The Balaban J connectivity index is 2.09. The number of phenolic OH excluding ortho intramolecular Hbond substituents is 1. The van der Waals surface area contributed by atoms with Gasteiger partial charge in [-0.2, -0.15) is 0 Å². The summed E-state index contributed by atoms with van der Waals surface area (Å²) >= 11 is 0. The number of likely N-dealkylation sites (tertiary alicyclic amines) is 1. The zero-order valence-corrected chi connectivity index (χ0v) is 12.6. The summed E-state index contributed by atoms with van der Waals surface area (Å²) in [6.07, 6.45) is 2.23. The van der Waals surface area contributed by atoms with Crippen molar-refractivity contribution in [3.8, 4) is 11.5 Å². The van der Waals surface area contributed by atoms with Crippen LogP contribution in [-0.4, -0.2) is 48.7 Å². The average molecular weight is 293 g/mol. The van der Waals surface area contributed by atoms with Gasteiger partial charge in [0.1, 0.15) is 11.3 Å². The van der Waals surface area contributed by atoms with Crippen LogP contribution in [0.3, 0.4) is 0 Å². The zero-order valence-electron chi connectivity index (χ0n) is 12.6. The quantitative estimate of drug-likeness (QED) is 0.561. The van der Waals surface area contributed by atoms with Crippen molar-refractivity contribution in [2.45, 2.75) is 25.8 Å². The highest BCUT2D eigenvalue weighted by Gasteiger charge is 2.25. The number of nitrogens with one attached hydrogen (secondary N) is 1. The Labute approximate surface area is 124 Å². The van der Waals surface area contributed by atoms with Crippen molar-refractivity contribution in [1.82, 2.24) is 10.2 Å². The number of likely N-dealkylation sites (N-methyl/N-ethyl adjacent to an activating group) is 1. The number of nitrogens with zero attached hydrogens (tertiary/aromatic N) is 1. The highest BCUT2D eigenvalue weighted by Crippen LogP contribution is 2.33. The van der Waals surface area contributed by atoms with Gasteiger partial charge in [0, 0.05) is 12.6 Å². The fourth-order valence-corrected chi connectivity index (χ4v) is 2.87. The van der Waals surface area contributed by atoms with Crippen molar-refractivity contribution in [2.75, 3.05) is 32.5 Å². The van der Waals surface area contributed by atoms with E-state index in [1.54, 1.807) is 0 Å². The van der Waals surface area contributed by atoms with Crippen molar-refractivity contribution < 1.29 is 14.6 Å². The lowest BCUT2D eigenvalue weighted by Gasteiger charge is -2.23. The van der Waals surface area contributed by atoms with Crippen molar-refractivity contribution in [3.63, 3.8) is 0 Å². The Kier molecular flexibility index (Phi) is 4.90. The van der Waals surface area contributed by atoms with Gasteiger partial charge in [0.2, 0.25) is 0 Å². The Morgan fingerprint density at radius 1 is 1.57 bits per heavy atom. The third-order valence-electron chi connectivity index (χ3n) is 4.00. The van der Waals surface area contributed by atoms with Gasteiger partial charge >= 0.3 is 0 Å². The molecule has 1 amide bonds. The van der Waals surface area contributed by atoms with E-state index in [0.29, 0.717) is 18.3 Å². The van der Waals surface area contributed by atoms with E-state index in [4.69, 9.17) is 10.5 Å². The second-order valence-electron chi connectivity index (χ2n) is 5.22. The molecule has 6 nitrogen and oxygen atoms in total. The standard InChI is InChI=1S/C15H23N3O3/c1-3-18-8-4-5-10(18)9-17-15(20)13-12(19)7-6-11(16)14(13)21-2/h6-7,10,19H,3-5,8-9,16H2,1-2H3,(H,17,20)/t10-/m0/s1. The number of nitrogen functional groups attached to an aromatic ring is 1. The first-order valence-corrected chi connectivity index (χ1v) is 7.26. The van der Waals surface area contributed by atoms with Crippen LogP contribution in [0.2, 0.25) is 0 Å². The second kappa shape index (κ2) is 6.67. The molecule has 21 heavy (non-hydrogen) atoms. The number of methoxy groups -OCH3 is 1. The van der Waals surface area contributed by atoms with Gasteiger partial charge in [0.15, 0.2) is 5.75 Å². The fraction of sp³-hybridized carbons (Fsp3) is 0.533. The monoisotopic (exact) mass is 293 g/mol. The Hall–Kier alpha value is -1.95. The largest absolute Gasteiger partial charge is 0.507 e. The van der Waals surface area contributed by atoms with Gasteiger partial charge in [0.05, 0.1) is 12.8 Å². The molecule has 2 rings (SSSR count). The zero-order chi connectivity index (χ0) is 15.4. The molecule has 0 aliphatic carbocycles. The van der Waals surface area contributed by atoms with Crippen LogP contribution in [0.15, 0.2) is 12.1 Å². The molecule has 1 aromatic carbocycles. The minimum absolute atomic E-state index is 0.0959. The maximum atomic E-state index is 12.3. The van der Waals surface area contributed by atoms with E-state index in [1.807, 2.05) is 0 Å². The molecule has 0 bridgehead atoms. The Bertz CT molecular complexity index is 519. The Morgan fingerprint density at radius 2 is 2.33 bits per heavy atom. The van der Waals surface area contributed by atoms with Gasteiger partial charge in [-0.25, -0.2) is 0 Å². The molecule has 0 radical (unpaired) electrons. The van der Waals surface area contributed by atoms with E-state index in [0.717, 1.165) is 25.9 Å². The maximum absolute atomic E-state index is 12.3. The number of hydrogen-bond acceptors (Lipinski definition) is 5. The molecule has 1 saturated heterocycles. The predicted molar refractivity (Wildman–Crippen MR) is 81.7 cm³/mol. The number of hydrogen-bond donors (Lipinski definition) is 3. The number of ether oxygens (including phenoxy) is 1. The summed E-state index contributed by atoms with van der Waals surface area (Å²) in [7, 11) is 1.43. The van der Waals surface area contributed by atoms with Gasteiger partial charge in [-0.3, -0.25) is 9.69 Å². The van der Waals surface area contributed by atoms with Gasteiger partial charge < -0.3 is 20.9 Å². The molecule has 0 unspecified atom stereocenters. The minimum Gasteiger partial charge on any atom is -0.507 e. The number of carbonyl (C=O) groups is 1. The van der Waals surface area contributed by atoms with Gasteiger partial charge in [0.25, 0.3) is 5.91 Å². The first kappa shape index (κ1) is 15.4. The Morgan fingerprint density at radius 3 is 3.00 bits per heavy atom. The number of phenols is 1. The normalized spacial score (nSPS) is 18.7. The molecular formula is C15H23N3O3. The average Bonchev–Trinajstić information content (AvgIpc) is 2.94. The molecule has 1 heterocycles. The summed E-state index contributed by atoms with van der Waals surface area (Å²) < 4.78 is 5.14. The molecule has 0 spiro atoms. The topological polar surface area (TPSA) is 87.8 Å². The van der Waals surface area contributed by atoms with Crippen LogP contribution in [-0.2, 0) is 0 Å². The predicted octanol–water partition coefficient (Wildman–Crippen LogP) is 1.20. The number of nitrogens with two attached hydrogens (primary N) is 1. The first-order chi connectivity index (χ1) is 10.1. The van der Waals surface area contributed by atoms with Crippen molar-refractivity contribution >= 4 is 11.6 Å². The van der Waals surface area contributed by atoms with Crippen molar-refractivity contribution in [3.05, 3.63) is 17.7 Å². The minimum atomic E-state index is -0.361. The van der Waals surface area contributed by atoms with Gasteiger partial charge in [-0.15, -0.1) is 0 Å². The molecule has 1 aliphatic heterocycles. The number of amides is 1. The van der Waals surface area contributed by atoms with E-state index in [2.05, 4.69) is 17.1 Å². The van der Waals surface area contributed by atoms with E-state index >= 15 is 0 Å². The lowest BCUT2D eigenvalue weighted by atomic mass is 10.1. The van der Waals surface area contributed by atoms with Crippen molar-refractivity contribution in [1.29, 1.82) is 0 Å². The summed E-state index contributed by atoms with van der Waals surface area (Å²) in [4.78, 5) is 14.7. The number of aromatic hydroxyl groups is 1. The molecule has 0 saturated carbocycles. The van der Waals surface area contributed by atoms with Gasteiger partial charge in [-0.1, -0.05) is 6.92 Å². The van der Waals surface area contributed by atoms with Crippen LogP contribution < -0.4 is 15.8 Å². The lowest BCUT2D eigenvalue weighted by Crippen LogP contribution is -2.40. The van der Waals surface area contributed by atoms with Crippen molar-refractivity contribution in [2.24, 2.45) is 0 Å². The van der Waals surface area contributed by atoms with Crippen LogP contribution in [0.25, 0.3) is 0 Å². The molecule has 6 heteroatoms. The van der Waals surface area contributed by atoms with Crippen LogP contribution in [0.1, 0.15) is 30.1 Å². The summed E-state index contributed by atoms with van der Waals surface area (Å²) in [6.45, 7) is 4.73. The summed E-state index contributed by atoms with van der Waals surface area (Å²) in [5.41, 5.74) is 6.20. The number of benzene rings is 1. The van der Waals surface area contributed by atoms with Crippen LogP contribution in [0.5, 0.6) is 11.5 Å². The lowest BCUT2D eigenvalue weighted by molar-refractivity contribution is 0.0935. The molecule has 4 N–H and O–H groups in total. The first-order valence-electron chi connectivity index (χ1n) is 7.26. The smallest absolute Gasteiger partial charge is 0.258 e. The SMILES string of the molecule is CCN1CCC[C@H]1CNC(=O)c1c(O)ccc(N)c1OC. The number of rotatable bonds is 5. The number of carbonyl (C=O) groups excluding carboxylic acids is 1. The van der Waals surface area contributed by atoms with E-state index in [-0.39, 0.29) is 23.0 Å². The van der Waals surface area contributed by atoms with Crippen LogP contribution in [0, 0.1) is 0 Å². The van der Waals surface area contributed by atoms with E-state index < -0.39 is 0 Å². The third kappa shape index (κ3) is 3.21. The number of anilines is 1. The van der Waals surface area contributed by atoms with E-state index in [1.165, 1.54) is 19.2 Å². The third-order valence-corrected chi connectivity index (χ3v) is 4.00. The van der Waals surface area contributed by atoms with Crippen LogP contribution in [0.4, 0.5) is 5.69 Å². The highest BCUT2D eigenvalue weighted by atomic mass is 16.5. The molecule has 0 aromatic heterocycles. The highest BCUT2D eigenvalue weighted by molar-refractivity contribution is 6.01. The van der Waals surface area contributed by atoms with E-state index in [9.17, 15) is 9.90 Å². The molecule has 116 valence electrons. The second-order valence-corrected chi connectivity index (χ2v) is 5.22. The summed E-state index contributed by atoms with van der Waals surface area (Å²) in [5.74, 6) is -0.275. The summed E-state index contributed by atoms with van der Waals surface area (Å²) in [5, 5.41) is 12.8. The van der Waals surface area contributed by atoms with Crippen LogP contribution >= 0.6 is 0 Å². The molecule has 1 fully saturated rings. The fourth-order valence-electron chi connectivity index (χ4n) is 2.87. The molecule has 1 atom stereocenters. The summed E-state index contributed by atoms with van der Waals surface area (Å²) in [6, 6.07) is 3.27. The molecule has 1 aliphatic rings.